The van der Waals surface area contributed by atoms with E-state index in [1.807, 2.05) is 0 Å². The summed E-state index contributed by atoms with van der Waals surface area (Å²) in [6.07, 6.45) is 5.09. The Balaban J connectivity index is 1.98. The second-order valence-corrected chi connectivity index (χ2v) is 5.74. The van der Waals surface area contributed by atoms with Gasteiger partial charge in [-0.2, -0.15) is 10.2 Å². The predicted octanol–water partition coefficient (Wildman–Crippen LogP) is 0.575. The molecule has 0 aromatic rings. The zero-order valence-corrected chi connectivity index (χ0v) is 12.2. The zero-order chi connectivity index (χ0) is 13.8. The van der Waals surface area contributed by atoms with Crippen molar-refractivity contribution in [1.82, 2.24) is 10.9 Å². The fraction of sp³-hybridized carbons (Fsp3) is 0.636. The van der Waals surface area contributed by atoms with Gasteiger partial charge in [-0.05, 0) is 56.5 Å². The lowest BCUT2D eigenvalue weighted by atomic mass is 9.70. The molecule has 19 heavy (non-hydrogen) atoms. The Labute approximate surface area is 123 Å². The summed E-state index contributed by atoms with van der Waals surface area (Å²) in [6, 6.07) is 0. The van der Waals surface area contributed by atoms with Gasteiger partial charge in [-0.1, -0.05) is 0 Å². The van der Waals surface area contributed by atoms with Crippen LogP contribution in [0.25, 0.3) is 0 Å². The van der Waals surface area contributed by atoms with Crippen molar-refractivity contribution in [3.63, 3.8) is 0 Å². The van der Waals surface area contributed by atoms with Crippen molar-refractivity contribution in [3.05, 3.63) is 0 Å². The summed E-state index contributed by atoms with van der Waals surface area (Å²) in [5.41, 5.74) is 18.5. The molecule has 0 heterocycles. The molecule has 104 valence electrons. The molecule has 2 fully saturated rings. The molecule has 6 N–H and O–H groups in total. The number of hydrogen-bond acceptors (Lipinski definition) is 4. The molecule has 6 nitrogen and oxygen atoms in total. The van der Waals surface area contributed by atoms with E-state index in [2.05, 4.69) is 21.1 Å². The number of hydrogen-bond donors (Lipinski definition) is 4. The molecule has 0 aromatic heterocycles. The fourth-order valence-corrected chi connectivity index (χ4v) is 2.88. The minimum absolute atomic E-state index is 0.216. The van der Waals surface area contributed by atoms with Gasteiger partial charge in [0.05, 0.1) is 0 Å². The molecule has 2 atom stereocenters. The largest absolute Gasteiger partial charge is 0.375 e. The molecule has 8 heteroatoms. The lowest BCUT2D eigenvalue weighted by molar-refractivity contribution is 0.404. The van der Waals surface area contributed by atoms with E-state index in [1.54, 1.807) is 0 Å². The Morgan fingerprint density at radius 3 is 1.74 bits per heavy atom. The second-order valence-electron chi connectivity index (χ2n) is 4.87. The first-order valence-electron chi connectivity index (χ1n) is 6.30. The van der Waals surface area contributed by atoms with E-state index in [4.69, 9.17) is 35.9 Å². The minimum atomic E-state index is 0.216. The molecule has 0 amide bonds. The first kappa shape index (κ1) is 14.1. The summed E-state index contributed by atoms with van der Waals surface area (Å²) < 4.78 is 0. The van der Waals surface area contributed by atoms with Crippen LogP contribution in [0.4, 0.5) is 0 Å². The molecular formula is C11H18N6S2. The van der Waals surface area contributed by atoms with Crippen LogP contribution in [0.15, 0.2) is 10.2 Å². The van der Waals surface area contributed by atoms with Gasteiger partial charge in [-0.3, -0.25) is 10.9 Å². The summed E-state index contributed by atoms with van der Waals surface area (Å²) in [5, 5.41) is 9.05. The van der Waals surface area contributed by atoms with Gasteiger partial charge in [-0.25, -0.2) is 0 Å². The molecule has 2 saturated carbocycles. The second kappa shape index (κ2) is 6.25. The smallest absolute Gasteiger partial charge is 0.184 e. The van der Waals surface area contributed by atoms with Gasteiger partial charge < -0.3 is 11.5 Å². The molecule has 0 spiro atoms. The van der Waals surface area contributed by atoms with Crippen LogP contribution in [-0.2, 0) is 0 Å². The first-order chi connectivity index (χ1) is 9.06. The van der Waals surface area contributed by atoms with Crippen LogP contribution in [0.1, 0.15) is 32.1 Å². The maximum absolute atomic E-state index is 5.39. The van der Waals surface area contributed by atoms with Crippen molar-refractivity contribution in [2.75, 3.05) is 0 Å². The number of rotatable bonds is 2. The normalized spacial score (nSPS) is 30.1. The van der Waals surface area contributed by atoms with Crippen molar-refractivity contribution in [2.45, 2.75) is 32.1 Å². The Hall–Kier alpha value is -1.28. The lowest BCUT2D eigenvalue weighted by Gasteiger charge is -2.36. The fourth-order valence-electron chi connectivity index (χ4n) is 2.79. The van der Waals surface area contributed by atoms with E-state index >= 15 is 0 Å². The highest BCUT2D eigenvalue weighted by Gasteiger charge is 2.34. The van der Waals surface area contributed by atoms with Crippen LogP contribution < -0.4 is 22.3 Å². The molecule has 2 aliphatic carbocycles. The molecule has 2 bridgehead atoms. The Bertz CT molecular complexity index is 404. The minimum Gasteiger partial charge on any atom is -0.375 e. The van der Waals surface area contributed by atoms with E-state index in [9.17, 15) is 0 Å². The van der Waals surface area contributed by atoms with Crippen molar-refractivity contribution in [1.29, 1.82) is 0 Å². The summed E-state index contributed by atoms with van der Waals surface area (Å²) >= 11 is 9.52. The van der Waals surface area contributed by atoms with Crippen molar-refractivity contribution in [2.24, 2.45) is 33.5 Å². The van der Waals surface area contributed by atoms with Crippen LogP contribution in [0.2, 0.25) is 0 Å². The average molecular weight is 298 g/mol. The number of fused-ring (bicyclic) bond motifs is 2. The van der Waals surface area contributed by atoms with Gasteiger partial charge in [0.15, 0.2) is 10.2 Å². The van der Waals surface area contributed by atoms with E-state index in [1.165, 1.54) is 11.4 Å². The van der Waals surface area contributed by atoms with E-state index in [0.29, 0.717) is 11.8 Å². The number of nitrogens with zero attached hydrogens (tertiary/aromatic N) is 2. The van der Waals surface area contributed by atoms with Gasteiger partial charge in [0, 0.05) is 23.3 Å². The van der Waals surface area contributed by atoms with Crippen LogP contribution >= 0.6 is 24.4 Å². The maximum Gasteiger partial charge on any atom is 0.184 e. The van der Waals surface area contributed by atoms with Crippen LogP contribution in [0.5, 0.6) is 0 Å². The topological polar surface area (TPSA) is 101 Å². The van der Waals surface area contributed by atoms with Crippen LogP contribution in [0.3, 0.4) is 0 Å². The molecule has 0 aliphatic heterocycles. The third-order valence-corrected chi connectivity index (χ3v) is 3.81. The number of thiocarbonyl (C=S) groups is 2. The van der Waals surface area contributed by atoms with E-state index < -0.39 is 0 Å². The SMILES string of the molecule is NC(=S)N/N=C1/CC[C@@H]2C[C@@H]1CC/C2=N\NC(N)=S. The molecule has 2 aliphatic rings. The summed E-state index contributed by atoms with van der Waals surface area (Å²) in [4.78, 5) is 0. The first-order valence-corrected chi connectivity index (χ1v) is 7.11. The van der Waals surface area contributed by atoms with Gasteiger partial charge in [0.2, 0.25) is 0 Å². The molecular weight excluding hydrogens is 280 g/mol. The highest BCUT2D eigenvalue weighted by Crippen LogP contribution is 2.36. The summed E-state index contributed by atoms with van der Waals surface area (Å²) in [5.74, 6) is 1.01. The molecule has 0 aromatic carbocycles. The third-order valence-electron chi connectivity index (χ3n) is 3.63. The average Bonchev–Trinajstić information content (AvgIpc) is 2.36. The highest BCUT2D eigenvalue weighted by atomic mass is 32.1. The van der Waals surface area contributed by atoms with E-state index in [-0.39, 0.29) is 10.2 Å². The quantitative estimate of drug-likeness (QED) is 0.439. The zero-order valence-electron chi connectivity index (χ0n) is 10.6. The van der Waals surface area contributed by atoms with Crippen molar-refractivity contribution < 1.29 is 0 Å². The highest BCUT2D eigenvalue weighted by molar-refractivity contribution is 7.80. The Morgan fingerprint density at radius 2 is 1.37 bits per heavy atom. The molecule has 0 saturated heterocycles. The lowest BCUT2D eigenvalue weighted by Crippen LogP contribution is -2.38. The Morgan fingerprint density at radius 1 is 0.947 bits per heavy atom. The van der Waals surface area contributed by atoms with Crippen molar-refractivity contribution in [3.8, 4) is 0 Å². The molecule has 0 radical (unpaired) electrons. The third kappa shape index (κ3) is 3.84. The predicted molar refractivity (Wildman–Crippen MR) is 84.8 cm³/mol. The summed E-state index contributed by atoms with van der Waals surface area (Å²) in [7, 11) is 0. The van der Waals surface area contributed by atoms with Crippen molar-refractivity contribution >= 4 is 46.1 Å². The monoisotopic (exact) mass is 298 g/mol. The van der Waals surface area contributed by atoms with E-state index in [0.717, 1.165) is 32.1 Å². The van der Waals surface area contributed by atoms with Gasteiger partial charge in [0.1, 0.15) is 0 Å². The molecule has 2 rings (SSSR count). The van der Waals surface area contributed by atoms with Gasteiger partial charge in [0.25, 0.3) is 0 Å². The summed E-state index contributed by atoms with van der Waals surface area (Å²) in [6.45, 7) is 0. The number of nitrogens with one attached hydrogen (secondary N) is 2. The Kier molecular flexibility index (Phi) is 4.65. The van der Waals surface area contributed by atoms with Crippen LogP contribution in [-0.4, -0.2) is 21.6 Å². The molecule has 0 unspecified atom stereocenters. The van der Waals surface area contributed by atoms with Gasteiger partial charge in [-0.15, -0.1) is 0 Å². The standard InChI is InChI=1S/C11H18N6S2/c12-10(18)16-14-8-3-1-6-5-7(8)2-4-9(6)15-17-11(13)19/h6-7H,1-5H2,(H3,12,16,18)(H3,13,17,19)/b14-8-,15-9+/t6-,7+/m1/s1. The van der Waals surface area contributed by atoms with Gasteiger partial charge >= 0.3 is 0 Å². The number of nitrogens with two attached hydrogens (primary N) is 2. The number of hydrazone groups is 2. The van der Waals surface area contributed by atoms with Crippen LogP contribution in [0, 0.1) is 11.8 Å². The maximum atomic E-state index is 5.39.